The van der Waals surface area contributed by atoms with Crippen LogP contribution in [0.1, 0.15) is 23.1 Å². The van der Waals surface area contributed by atoms with Crippen molar-refractivity contribution in [3.63, 3.8) is 0 Å². The molecule has 2 aliphatic heterocycles. The highest BCUT2D eigenvalue weighted by Gasteiger charge is 2.46. The summed E-state index contributed by atoms with van der Waals surface area (Å²) in [6, 6.07) is 22.0. The minimum Gasteiger partial charge on any atom is -0.320 e. The molecule has 1 aromatic heterocycles. The molecule has 1 fully saturated rings. The molecule has 0 aliphatic carbocycles. The molecule has 33 heavy (non-hydrogen) atoms. The van der Waals surface area contributed by atoms with Crippen molar-refractivity contribution < 1.29 is 14.5 Å². The number of carbonyl (C=O) groups is 2. The molecule has 3 heterocycles. The summed E-state index contributed by atoms with van der Waals surface area (Å²) < 4.78 is 1.16. The molecule has 0 saturated carbocycles. The highest BCUT2D eigenvalue weighted by Crippen LogP contribution is 2.32. The van der Waals surface area contributed by atoms with Gasteiger partial charge in [0.15, 0.2) is 6.04 Å². The van der Waals surface area contributed by atoms with Gasteiger partial charge in [-0.3, -0.25) is 9.59 Å². The minimum atomic E-state index is -0.307. The fraction of sp³-hybridized carbons (Fsp3) is 0.222. The number of thiazole rings is 1. The molecule has 5 nitrogen and oxygen atoms in total. The van der Waals surface area contributed by atoms with Crippen molar-refractivity contribution in [3.05, 3.63) is 83.4 Å². The first-order chi connectivity index (χ1) is 16.1. The average Bonchev–Trinajstić information content (AvgIpc) is 3.38. The molecule has 1 saturated heterocycles. The van der Waals surface area contributed by atoms with Crippen LogP contribution in [0.5, 0.6) is 0 Å². The number of hydrogen-bond acceptors (Lipinski definition) is 4. The fourth-order valence-corrected chi connectivity index (χ4v) is 6.10. The van der Waals surface area contributed by atoms with Crippen LogP contribution in [-0.2, 0) is 22.6 Å². The Morgan fingerprint density at radius 1 is 1.00 bits per heavy atom. The number of anilines is 1. The molecule has 4 aromatic rings. The number of imide groups is 1. The number of aromatic nitrogens is 1. The van der Waals surface area contributed by atoms with Gasteiger partial charge in [-0.2, -0.15) is 0 Å². The number of fused-ring (bicyclic) bond motifs is 2. The maximum Gasteiger partial charge on any atom is 0.292 e. The van der Waals surface area contributed by atoms with Crippen LogP contribution in [0.2, 0.25) is 0 Å². The van der Waals surface area contributed by atoms with Crippen molar-refractivity contribution in [3.8, 4) is 10.6 Å². The lowest BCUT2D eigenvalue weighted by Gasteiger charge is -2.29. The third-order valence-corrected chi connectivity index (χ3v) is 7.87. The van der Waals surface area contributed by atoms with E-state index in [-0.39, 0.29) is 24.3 Å². The van der Waals surface area contributed by atoms with Crippen LogP contribution in [0, 0.1) is 6.92 Å². The summed E-state index contributed by atoms with van der Waals surface area (Å²) in [5.41, 5.74) is 6.48. The van der Waals surface area contributed by atoms with Gasteiger partial charge in [-0.25, -0.2) is 9.88 Å². The second kappa shape index (κ2) is 7.90. The van der Waals surface area contributed by atoms with Crippen LogP contribution >= 0.6 is 11.3 Å². The first kappa shape index (κ1) is 20.3. The van der Waals surface area contributed by atoms with Crippen molar-refractivity contribution >= 4 is 39.1 Å². The van der Waals surface area contributed by atoms with Crippen LogP contribution in [0.25, 0.3) is 20.8 Å². The van der Waals surface area contributed by atoms with E-state index >= 15 is 0 Å². The van der Waals surface area contributed by atoms with Gasteiger partial charge in [-0.15, -0.1) is 11.3 Å². The lowest BCUT2D eigenvalue weighted by atomic mass is 9.98. The number of benzene rings is 3. The van der Waals surface area contributed by atoms with Gasteiger partial charge in [-0.1, -0.05) is 30.3 Å². The van der Waals surface area contributed by atoms with Gasteiger partial charge in [0, 0.05) is 17.5 Å². The summed E-state index contributed by atoms with van der Waals surface area (Å²) in [4.78, 5) is 33.5. The van der Waals surface area contributed by atoms with Crippen molar-refractivity contribution in [2.75, 3.05) is 11.4 Å². The Morgan fingerprint density at radius 3 is 2.61 bits per heavy atom. The number of nitrogens with zero attached hydrogens (tertiary/aromatic N) is 2. The third-order valence-electron chi connectivity index (χ3n) is 6.81. The first-order valence-electron chi connectivity index (χ1n) is 11.3. The smallest absolute Gasteiger partial charge is 0.292 e. The normalized spacial score (nSPS) is 20.5. The lowest BCUT2D eigenvalue weighted by Crippen LogP contribution is -3.16. The van der Waals surface area contributed by atoms with E-state index in [4.69, 9.17) is 4.98 Å². The monoisotopic (exact) mass is 454 g/mol. The number of nitrogens with one attached hydrogen (secondary N) is 1. The van der Waals surface area contributed by atoms with Gasteiger partial charge in [0.25, 0.3) is 5.91 Å². The molecule has 3 aromatic carbocycles. The summed E-state index contributed by atoms with van der Waals surface area (Å²) >= 11 is 1.66. The number of amides is 2. The van der Waals surface area contributed by atoms with Crippen molar-refractivity contribution in [1.82, 2.24) is 4.98 Å². The summed E-state index contributed by atoms with van der Waals surface area (Å²) in [7, 11) is 0. The number of hydrogen-bond donors (Lipinski definition) is 1. The molecule has 2 aliphatic rings. The maximum atomic E-state index is 13.3. The van der Waals surface area contributed by atoms with E-state index in [0.29, 0.717) is 5.69 Å². The average molecular weight is 455 g/mol. The number of rotatable bonds is 3. The van der Waals surface area contributed by atoms with Gasteiger partial charge in [0.2, 0.25) is 5.91 Å². The molecular formula is C27H24N3O2S+. The molecular weight excluding hydrogens is 430 g/mol. The van der Waals surface area contributed by atoms with Gasteiger partial charge >= 0.3 is 0 Å². The Hall–Kier alpha value is -3.35. The van der Waals surface area contributed by atoms with Crippen LogP contribution in [0.3, 0.4) is 0 Å². The van der Waals surface area contributed by atoms with Gasteiger partial charge < -0.3 is 4.90 Å². The lowest BCUT2D eigenvalue weighted by molar-refractivity contribution is -0.930. The number of carbonyl (C=O) groups excluding carboxylic acids is 2. The van der Waals surface area contributed by atoms with Crippen LogP contribution < -0.4 is 9.80 Å². The van der Waals surface area contributed by atoms with E-state index in [0.717, 1.165) is 40.3 Å². The summed E-state index contributed by atoms with van der Waals surface area (Å²) in [5, 5.41) is 0.940. The Labute approximate surface area is 196 Å². The molecule has 0 radical (unpaired) electrons. The topological polar surface area (TPSA) is 54.7 Å². The summed E-state index contributed by atoms with van der Waals surface area (Å²) in [6.07, 6.45) is 1.22. The van der Waals surface area contributed by atoms with Gasteiger partial charge in [-0.05, 0) is 54.4 Å². The Kier molecular flexibility index (Phi) is 4.85. The Morgan fingerprint density at radius 2 is 1.79 bits per heavy atom. The second-order valence-corrected chi connectivity index (χ2v) is 10.00. The van der Waals surface area contributed by atoms with E-state index in [1.165, 1.54) is 26.5 Å². The molecule has 2 amide bonds. The van der Waals surface area contributed by atoms with Crippen LogP contribution in [-0.4, -0.2) is 29.4 Å². The molecule has 1 N–H and O–H groups in total. The molecule has 6 heteroatoms. The van der Waals surface area contributed by atoms with E-state index in [1.54, 1.807) is 11.3 Å². The number of aryl methyl sites for hydroxylation is 1. The van der Waals surface area contributed by atoms with E-state index in [9.17, 15) is 9.59 Å². The van der Waals surface area contributed by atoms with Crippen LogP contribution in [0.4, 0.5) is 5.69 Å². The molecule has 164 valence electrons. The highest BCUT2D eigenvalue weighted by molar-refractivity contribution is 7.21. The predicted octanol–water partition coefficient (Wildman–Crippen LogP) is 3.54. The SMILES string of the molecule is Cc1ccc2nc(-c3ccc(N4C(=O)C[C@@H]([NH+]5CCc6ccccc6C5)C4=O)cc3)sc2c1. The van der Waals surface area contributed by atoms with E-state index in [1.807, 2.05) is 36.4 Å². The fourth-order valence-electron chi connectivity index (χ4n) is 5.03. The zero-order valence-corrected chi connectivity index (χ0v) is 19.2. The molecule has 1 unspecified atom stereocenters. The van der Waals surface area contributed by atoms with E-state index < -0.39 is 0 Å². The van der Waals surface area contributed by atoms with Gasteiger partial charge in [0.1, 0.15) is 11.6 Å². The second-order valence-electron chi connectivity index (χ2n) is 8.96. The standard InChI is InChI=1S/C27H23N3O2S/c1-17-6-11-22-24(14-17)33-26(28-22)19-7-9-21(10-8-19)30-25(31)15-23(27(30)32)29-13-12-18-4-2-3-5-20(18)16-29/h2-11,14,23H,12-13,15-16H2,1H3/p+1/t23-/m1/s1. The largest absolute Gasteiger partial charge is 0.320 e. The summed E-state index contributed by atoms with van der Waals surface area (Å²) in [5.74, 6) is -0.197. The molecule has 6 rings (SSSR count). The van der Waals surface area contributed by atoms with Crippen molar-refractivity contribution in [2.45, 2.75) is 32.4 Å². The van der Waals surface area contributed by atoms with E-state index in [2.05, 4.69) is 37.3 Å². The minimum absolute atomic E-state index is 0.0856. The zero-order valence-electron chi connectivity index (χ0n) is 18.4. The summed E-state index contributed by atoms with van der Waals surface area (Å²) in [6.45, 7) is 3.75. The maximum absolute atomic E-state index is 13.3. The van der Waals surface area contributed by atoms with Crippen molar-refractivity contribution in [2.24, 2.45) is 0 Å². The third kappa shape index (κ3) is 3.56. The van der Waals surface area contributed by atoms with Crippen LogP contribution in [0.15, 0.2) is 66.7 Å². The molecule has 0 spiro atoms. The number of quaternary nitrogens is 1. The first-order valence-corrected chi connectivity index (χ1v) is 12.1. The van der Waals surface area contributed by atoms with Crippen molar-refractivity contribution in [1.29, 1.82) is 0 Å². The zero-order chi connectivity index (χ0) is 22.5. The molecule has 0 bridgehead atoms. The van der Waals surface area contributed by atoms with Gasteiger partial charge in [0.05, 0.1) is 28.9 Å². The predicted molar refractivity (Wildman–Crippen MR) is 130 cm³/mol. The highest BCUT2D eigenvalue weighted by atomic mass is 32.1. The molecule has 2 atom stereocenters. The Balaban J connectivity index is 1.23. The quantitative estimate of drug-likeness (QED) is 0.482. The Bertz CT molecular complexity index is 1390.